The van der Waals surface area contributed by atoms with E-state index in [9.17, 15) is 0 Å². The van der Waals surface area contributed by atoms with Gasteiger partial charge in [0, 0.05) is 6.42 Å². The quantitative estimate of drug-likeness (QED) is 0.895. The molecule has 0 aliphatic heterocycles. The number of nitrogens with two attached hydrogens (primary N) is 1. The summed E-state index contributed by atoms with van der Waals surface area (Å²) in [6.45, 7) is 4.24. The maximum Gasteiger partial charge on any atom is 0.133 e. The van der Waals surface area contributed by atoms with Gasteiger partial charge >= 0.3 is 0 Å². The van der Waals surface area contributed by atoms with Gasteiger partial charge in [0.15, 0.2) is 0 Å². The van der Waals surface area contributed by atoms with Crippen molar-refractivity contribution < 1.29 is 0 Å². The van der Waals surface area contributed by atoms with Gasteiger partial charge in [0.1, 0.15) is 5.82 Å². The number of rotatable bonds is 4. The highest BCUT2D eigenvalue weighted by molar-refractivity contribution is 5.40. The van der Waals surface area contributed by atoms with E-state index in [0.29, 0.717) is 5.69 Å². The summed E-state index contributed by atoms with van der Waals surface area (Å²) in [5.74, 6) is 0.849. The molecule has 0 saturated heterocycles. The SMILES string of the molecule is CCCc1nc(Cc2ccccc2C)ncc1N. The van der Waals surface area contributed by atoms with Gasteiger partial charge in [-0.3, -0.25) is 0 Å². The zero-order chi connectivity index (χ0) is 13.0. The average Bonchev–Trinajstić information content (AvgIpc) is 2.36. The number of hydrogen-bond acceptors (Lipinski definition) is 3. The lowest BCUT2D eigenvalue weighted by Crippen LogP contribution is -2.05. The molecule has 1 aromatic heterocycles. The molecule has 0 amide bonds. The second-order valence-corrected chi connectivity index (χ2v) is 4.54. The molecule has 0 bridgehead atoms. The van der Waals surface area contributed by atoms with Crippen molar-refractivity contribution in [3.05, 3.63) is 53.1 Å². The molecule has 2 aromatic rings. The van der Waals surface area contributed by atoms with Gasteiger partial charge in [-0.15, -0.1) is 0 Å². The van der Waals surface area contributed by atoms with Gasteiger partial charge in [-0.25, -0.2) is 9.97 Å². The van der Waals surface area contributed by atoms with Crippen LogP contribution in [0.3, 0.4) is 0 Å². The zero-order valence-electron chi connectivity index (χ0n) is 11.0. The number of aryl methyl sites for hydroxylation is 2. The van der Waals surface area contributed by atoms with Crippen molar-refractivity contribution in [2.45, 2.75) is 33.1 Å². The molecule has 1 aromatic carbocycles. The molecule has 3 nitrogen and oxygen atoms in total. The van der Waals surface area contributed by atoms with Gasteiger partial charge in [-0.2, -0.15) is 0 Å². The summed E-state index contributed by atoms with van der Waals surface area (Å²) in [6, 6.07) is 8.33. The first-order chi connectivity index (χ1) is 8.70. The first-order valence-electron chi connectivity index (χ1n) is 6.35. The van der Waals surface area contributed by atoms with Crippen LogP contribution in [0, 0.1) is 6.92 Å². The Bertz CT molecular complexity index is 535. The molecular weight excluding hydrogens is 222 g/mol. The smallest absolute Gasteiger partial charge is 0.133 e. The molecule has 18 heavy (non-hydrogen) atoms. The Morgan fingerprint density at radius 1 is 1.22 bits per heavy atom. The van der Waals surface area contributed by atoms with Crippen molar-refractivity contribution in [3.8, 4) is 0 Å². The van der Waals surface area contributed by atoms with Crippen molar-refractivity contribution in [1.82, 2.24) is 9.97 Å². The molecule has 1 heterocycles. The van der Waals surface area contributed by atoms with E-state index in [4.69, 9.17) is 5.73 Å². The molecule has 0 aliphatic rings. The zero-order valence-corrected chi connectivity index (χ0v) is 11.0. The summed E-state index contributed by atoms with van der Waals surface area (Å²) in [7, 11) is 0. The normalized spacial score (nSPS) is 10.6. The second-order valence-electron chi connectivity index (χ2n) is 4.54. The molecule has 3 heteroatoms. The highest BCUT2D eigenvalue weighted by atomic mass is 14.9. The molecule has 0 saturated carbocycles. The van der Waals surface area contributed by atoms with Crippen LogP contribution in [-0.4, -0.2) is 9.97 Å². The van der Waals surface area contributed by atoms with Gasteiger partial charge in [-0.1, -0.05) is 37.6 Å². The lowest BCUT2D eigenvalue weighted by atomic mass is 10.1. The van der Waals surface area contributed by atoms with Crippen molar-refractivity contribution in [2.75, 3.05) is 5.73 Å². The predicted molar refractivity (Wildman–Crippen MR) is 74.4 cm³/mol. The van der Waals surface area contributed by atoms with E-state index in [0.717, 1.165) is 30.8 Å². The molecule has 0 radical (unpaired) electrons. The Morgan fingerprint density at radius 2 is 2.00 bits per heavy atom. The van der Waals surface area contributed by atoms with Crippen LogP contribution in [0.2, 0.25) is 0 Å². The number of aromatic nitrogens is 2. The van der Waals surface area contributed by atoms with Crippen LogP contribution in [-0.2, 0) is 12.8 Å². The monoisotopic (exact) mass is 241 g/mol. The highest BCUT2D eigenvalue weighted by Crippen LogP contribution is 2.14. The molecule has 94 valence electrons. The van der Waals surface area contributed by atoms with E-state index < -0.39 is 0 Å². The Kier molecular flexibility index (Phi) is 3.92. The predicted octanol–water partition coefficient (Wildman–Crippen LogP) is 2.91. The Labute approximate surface area is 108 Å². The first-order valence-corrected chi connectivity index (χ1v) is 6.35. The minimum absolute atomic E-state index is 0.699. The third-order valence-corrected chi connectivity index (χ3v) is 3.05. The third kappa shape index (κ3) is 2.86. The maximum absolute atomic E-state index is 5.87. The van der Waals surface area contributed by atoms with E-state index in [1.165, 1.54) is 11.1 Å². The molecule has 0 aliphatic carbocycles. The van der Waals surface area contributed by atoms with E-state index >= 15 is 0 Å². The van der Waals surface area contributed by atoms with Crippen molar-refractivity contribution in [2.24, 2.45) is 0 Å². The minimum Gasteiger partial charge on any atom is -0.396 e. The summed E-state index contributed by atoms with van der Waals surface area (Å²) < 4.78 is 0. The third-order valence-electron chi connectivity index (χ3n) is 3.05. The summed E-state index contributed by atoms with van der Waals surface area (Å²) in [6.07, 6.45) is 4.45. The largest absolute Gasteiger partial charge is 0.396 e. The van der Waals surface area contributed by atoms with Crippen LogP contribution in [0.25, 0.3) is 0 Å². The molecule has 0 unspecified atom stereocenters. The van der Waals surface area contributed by atoms with Gasteiger partial charge in [0.25, 0.3) is 0 Å². The van der Waals surface area contributed by atoms with Crippen molar-refractivity contribution in [1.29, 1.82) is 0 Å². The van der Waals surface area contributed by atoms with Gasteiger partial charge in [-0.05, 0) is 24.5 Å². The van der Waals surface area contributed by atoms with Crippen LogP contribution in [0.1, 0.15) is 36.0 Å². The van der Waals surface area contributed by atoms with E-state index in [1.807, 2.05) is 12.1 Å². The van der Waals surface area contributed by atoms with Gasteiger partial charge < -0.3 is 5.73 Å². The number of nitrogens with zero attached hydrogens (tertiary/aromatic N) is 2. The fraction of sp³-hybridized carbons (Fsp3) is 0.333. The Morgan fingerprint density at radius 3 is 2.72 bits per heavy atom. The average molecular weight is 241 g/mol. The lowest BCUT2D eigenvalue weighted by Gasteiger charge is -2.07. The van der Waals surface area contributed by atoms with Crippen molar-refractivity contribution >= 4 is 5.69 Å². The number of anilines is 1. The van der Waals surface area contributed by atoms with E-state index in [1.54, 1.807) is 6.20 Å². The second kappa shape index (κ2) is 5.63. The number of nitrogen functional groups attached to an aromatic ring is 1. The summed E-state index contributed by atoms with van der Waals surface area (Å²) in [4.78, 5) is 8.88. The molecule has 0 fully saturated rings. The fourth-order valence-corrected chi connectivity index (χ4v) is 1.97. The standard InChI is InChI=1S/C15H19N3/c1-3-6-14-13(16)10-17-15(18-14)9-12-8-5-4-7-11(12)2/h4-5,7-8,10H,3,6,9,16H2,1-2H3. The van der Waals surface area contributed by atoms with E-state index in [2.05, 4.69) is 35.9 Å². The van der Waals surface area contributed by atoms with Crippen LogP contribution >= 0.6 is 0 Å². The highest BCUT2D eigenvalue weighted by Gasteiger charge is 2.06. The van der Waals surface area contributed by atoms with Crippen LogP contribution in [0.4, 0.5) is 5.69 Å². The summed E-state index contributed by atoms with van der Waals surface area (Å²) >= 11 is 0. The van der Waals surface area contributed by atoms with Gasteiger partial charge in [0.05, 0.1) is 17.6 Å². The maximum atomic E-state index is 5.87. The Hall–Kier alpha value is -1.90. The molecule has 2 N–H and O–H groups in total. The number of benzene rings is 1. The van der Waals surface area contributed by atoms with Crippen LogP contribution in [0.5, 0.6) is 0 Å². The molecular formula is C15H19N3. The number of hydrogen-bond donors (Lipinski definition) is 1. The van der Waals surface area contributed by atoms with Crippen molar-refractivity contribution in [3.63, 3.8) is 0 Å². The Balaban J connectivity index is 2.24. The summed E-state index contributed by atoms with van der Waals surface area (Å²) in [5.41, 5.74) is 10.1. The van der Waals surface area contributed by atoms with Gasteiger partial charge in [0.2, 0.25) is 0 Å². The fourth-order valence-electron chi connectivity index (χ4n) is 1.97. The topological polar surface area (TPSA) is 51.8 Å². The molecule has 0 atom stereocenters. The molecule has 2 rings (SSSR count). The van der Waals surface area contributed by atoms with E-state index in [-0.39, 0.29) is 0 Å². The minimum atomic E-state index is 0.699. The van der Waals surface area contributed by atoms with Crippen LogP contribution < -0.4 is 5.73 Å². The lowest BCUT2D eigenvalue weighted by molar-refractivity contribution is 0.844. The first kappa shape index (κ1) is 12.6. The molecule has 0 spiro atoms. The van der Waals surface area contributed by atoms with Crippen LogP contribution in [0.15, 0.2) is 30.5 Å². The summed E-state index contributed by atoms with van der Waals surface area (Å²) in [5, 5.41) is 0.